The number of Topliss-reactive ketones (excluding diaryl/α,β-unsaturated/α-hetero) is 1. The molecule has 5 heterocycles. The Morgan fingerprint density at radius 3 is 2.64 bits per heavy atom. The van der Waals surface area contributed by atoms with Crippen LogP contribution in [0.3, 0.4) is 0 Å². The van der Waals surface area contributed by atoms with Crippen LogP contribution in [0.1, 0.15) is 25.6 Å². The van der Waals surface area contributed by atoms with Crippen LogP contribution in [0.5, 0.6) is 0 Å². The molecule has 0 bridgehead atoms. The largest absolute Gasteiger partial charge is 0.477 e. The number of fused-ring (bicyclic) bond motifs is 1. The highest BCUT2D eigenvalue weighted by Crippen LogP contribution is 2.41. The fourth-order valence-electron chi connectivity index (χ4n) is 5.22. The summed E-state index contributed by atoms with van der Waals surface area (Å²) in [4.78, 5) is 82.9. The van der Waals surface area contributed by atoms with E-state index in [1.54, 1.807) is 4.90 Å². The molecule has 0 unspecified atom stereocenters. The summed E-state index contributed by atoms with van der Waals surface area (Å²) >= 11 is 1.97. The molecule has 19 heteroatoms. The van der Waals surface area contributed by atoms with Crippen LogP contribution in [-0.2, 0) is 28.7 Å². The first-order valence-electron chi connectivity index (χ1n) is 13.1. The number of likely N-dealkylation sites (tertiary alicyclic amines) is 2. The summed E-state index contributed by atoms with van der Waals surface area (Å²) in [7, 11) is 0. The predicted octanol–water partition coefficient (Wildman–Crippen LogP) is -0.490. The van der Waals surface area contributed by atoms with E-state index in [9.17, 15) is 39.1 Å². The van der Waals surface area contributed by atoms with Gasteiger partial charge in [0.05, 0.1) is 6.04 Å². The van der Waals surface area contributed by atoms with E-state index in [1.165, 1.54) is 29.7 Å². The molecule has 4 aliphatic heterocycles. The van der Waals surface area contributed by atoms with Crippen LogP contribution in [0.25, 0.3) is 0 Å². The van der Waals surface area contributed by atoms with Crippen molar-refractivity contribution < 1.29 is 43.8 Å². The molecular formula is C25H26N8O9S2. The maximum Gasteiger partial charge on any atom is 0.415 e. The van der Waals surface area contributed by atoms with Crippen LogP contribution in [0.2, 0.25) is 0 Å². The van der Waals surface area contributed by atoms with Gasteiger partial charge in [-0.25, -0.2) is 9.59 Å². The fourth-order valence-corrected chi connectivity index (χ4v) is 6.96. The maximum absolute atomic E-state index is 13.3. The van der Waals surface area contributed by atoms with Gasteiger partial charge in [0.15, 0.2) is 16.7 Å². The van der Waals surface area contributed by atoms with E-state index in [1.807, 2.05) is 0 Å². The lowest BCUT2D eigenvalue weighted by atomic mass is 10.0. The minimum Gasteiger partial charge on any atom is -0.477 e. The van der Waals surface area contributed by atoms with Crippen LogP contribution in [0, 0.1) is 0 Å². The number of hydrogen-bond donors (Lipinski definition) is 4. The first-order valence-corrected chi connectivity index (χ1v) is 14.9. The van der Waals surface area contributed by atoms with Gasteiger partial charge in [0.2, 0.25) is 17.4 Å². The van der Waals surface area contributed by atoms with Crippen molar-refractivity contribution in [2.45, 2.75) is 37.2 Å². The van der Waals surface area contributed by atoms with Gasteiger partial charge in [-0.15, -0.1) is 11.8 Å². The number of amides is 4. The molecule has 44 heavy (non-hydrogen) atoms. The standard InChI is InChI=1S/C25H26N8O9S2/c1-10(34)11(2)42-25(40)31-5-4-14(8-31)32-6-3-12(20(32)36)7-13-9-43-22-16(21(37)33(22)17(13)23(38)39)27-19(35)15(29-41)18-28-24(26)44-30-18/h7,14,16,22,41H,2-6,8-9H2,1H3,(H,27,35)(H,38,39)(H2,26,28,30)/b12-7?,29-15-/t14-,16-,22-/m1/s1. The van der Waals surface area contributed by atoms with Gasteiger partial charge in [-0.05, 0) is 24.5 Å². The Bertz CT molecular complexity index is 1580. The third-order valence-corrected chi connectivity index (χ3v) is 9.27. The Morgan fingerprint density at radius 1 is 1.25 bits per heavy atom. The number of allylic oxidation sites excluding steroid dienone is 2. The summed E-state index contributed by atoms with van der Waals surface area (Å²) in [6.45, 7) is 5.52. The van der Waals surface area contributed by atoms with Gasteiger partial charge in [-0.1, -0.05) is 11.7 Å². The molecule has 1 aromatic rings. The maximum atomic E-state index is 13.3. The van der Waals surface area contributed by atoms with Gasteiger partial charge in [0.25, 0.3) is 11.8 Å². The summed E-state index contributed by atoms with van der Waals surface area (Å²) in [6, 6.07) is -1.41. The summed E-state index contributed by atoms with van der Waals surface area (Å²) in [5, 5.41) is 23.9. The number of carbonyl (C=O) groups excluding carboxylic acids is 5. The number of aliphatic carboxylic acids is 1. The number of carboxylic acids is 1. The molecule has 3 atom stereocenters. The van der Waals surface area contributed by atoms with E-state index in [-0.39, 0.29) is 52.2 Å². The first-order chi connectivity index (χ1) is 20.9. The number of carbonyl (C=O) groups is 6. The molecule has 1 aromatic heterocycles. The van der Waals surface area contributed by atoms with E-state index in [0.29, 0.717) is 31.5 Å². The molecule has 5 N–H and O–H groups in total. The average molecular weight is 647 g/mol. The zero-order valence-corrected chi connectivity index (χ0v) is 24.7. The minimum absolute atomic E-state index is 0.0344. The lowest BCUT2D eigenvalue weighted by Gasteiger charge is -2.49. The van der Waals surface area contributed by atoms with Crippen molar-refractivity contribution in [1.29, 1.82) is 0 Å². The summed E-state index contributed by atoms with van der Waals surface area (Å²) in [5.74, 6) is -4.17. The molecule has 5 rings (SSSR count). The van der Waals surface area contributed by atoms with Crippen LogP contribution < -0.4 is 11.1 Å². The van der Waals surface area contributed by atoms with E-state index in [4.69, 9.17) is 10.5 Å². The molecule has 232 valence electrons. The Labute approximate surface area is 257 Å². The second kappa shape index (κ2) is 12.1. The second-order valence-corrected chi connectivity index (χ2v) is 12.0. The van der Waals surface area contributed by atoms with E-state index in [0.717, 1.165) is 16.4 Å². The molecule has 4 aliphatic rings. The number of anilines is 1. The summed E-state index contributed by atoms with van der Waals surface area (Å²) in [5.41, 5.74) is 5.28. The average Bonchev–Trinajstić information content (AvgIpc) is 3.72. The molecule has 4 amide bonds. The van der Waals surface area contributed by atoms with Gasteiger partial charge in [-0.3, -0.25) is 24.1 Å². The number of carboxylic acid groups (broad SMARTS) is 1. The summed E-state index contributed by atoms with van der Waals surface area (Å²) in [6.07, 6.45) is 1.58. The van der Waals surface area contributed by atoms with Crippen molar-refractivity contribution in [2.75, 3.05) is 31.1 Å². The number of nitrogens with one attached hydrogen (secondary N) is 1. The van der Waals surface area contributed by atoms with Crippen molar-refractivity contribution >= 4 is 69.7 Å². The first kappa shape index (κ1) is 30.7. The normalized spacial score (nSPS) is 24.4. The molecule has 17 nitrogen and oxygen atoms in total. The van der Waals surface area contributed by atoms with Crippen molar-refractivity contribution in [1.82, 2.24) is 29.4 Å². The Kier molecular flexibility index (Phi) is 8.42. The topological polar surface area (TPSA) is 238 Å². The number of nitrogens with zero attached hydrogens (tertiary/aromatic N) is 6. The van der Waals surface area contributed by atoms with Crippen molar-refractivity contribution in [2.24, 2.45) is 5.16 Å². The van der Waals surface area contributed by atoms with Crippen LogP contribution >= 0.6 is 23.3 Å². The van der Waals surface area contributed by atoms with Crippen LogP contribution in [0.15, 0.2) is 40.4 Å². The van der Waals surface area contributed by atoms with E-state index in [2.05, 4.69) is 26.4 Å². The molecule has 0 saturated carbocycles. The quantitative estimate of drug-likeness (QED) is 0.0697. The number of ketones is 1. The van der Waals surface area contributed by atoms with Crippen molar-refractivity contribution in [3.63, 3.8) is 0 Å². The molecule has 0 aromatic carbocycles. The number of β-lactam (4-membered cyclic amide) rings is 1. The number of thioether (sulfide) groups is 1. The number of oxime groups is 1. The molecule has 3 fully saturated rings. The number of nitrogens with two attached hydrogens (primary N) is 1. The van der Waals surface area contributed by atoms with E-state index < -0.39 is 46.8 Å². The number of rotatable bonds is 8. The third kappa shape index (κ3) is 5.62. The zero-order chi connectivity index (χ0) is 31.9. The van der Waals surface area contributed by atoms with E-state index >= 15 is 0 Å². The number of ether oxygens (including phenoxy) is 1. The minimum atomic E-state index is -1.38. The van der Waals surface area contributed by atoms with Gasteiger partial charge in [-0.2, -0.15) is 9.36 Å². The summed E-state index contributed by atoms with van der Waals surface area (Å²) < 4.78 is 8.78. The van der Waals surface area contributed by atoms with Crippen LogP contribution in [-0.4, -0.2) is 118 Å². The monoisotopic (exact) mass is 646 g/mol. The molecular weight excluding hydrogens is 620 g/mol. The molecule has 3 saturated heterocycles. The smallest absolute Gasteiger partial charge is 0.415 e. The molecule has 0 radical (unpaired) electrons. The van der Waals surface area contributed by atoms with Gasteiger partial charge in [0, 0.05) is 49.4 Å². The number of aromatic nitrogens is 2. The number of hydrogen-bond acceptors (Lipinski definition) is 14. The lowest BCUT2D eigenvalue weighted by molar-refractivity contribution is -0.150. The van der Waals surface area contributed by atoms with Gasteiger partial charge >= 0.3 is 12.1 Å². The van der Waals surface area contributed by atoms with Gasteiger partial charge < -0.3 is 35.9 Å². The zero-order valence-electron chi connectivity index (χ0n) is 23.1. The Morgan fingerprint density at radius 2 is 2.00 bits per heavy atom. The van der Waals surface area contributed by atoms with Crippen LogP contribution in [0.4, 0.5) is 9.93 Å². The number of nitrogen functional groups attached to an aromatic ring is 1. The molecule has 0 aliphatic carbocycles. The Balaban J connectivity index is 1.26. The SMILES string of the molecule is C=C(OC(=O)N1CC[C@@H](N2CCC(=CC3=C(C(=O)O)N4C(=O)[C@@H](NC(=O)/C(=N\O)c5nsc(N)n5)[C@H]4SC3)C2=O)C1)C(C)=O. The lowest BCUT2D eigenvalue weighted by Crippen LogP contribution is -2.71. The van der Waals surface area contributed by atoms with Crippen molar-refractivity contribution in [3.05, 3.63) is 41.1 Å². The highest BCUT2D eigenvalue weighted by molar-refractivity contribution is 8.00. The Hall–Kier alpha value is -4.78. The molecule has 0 spiro atoms. The fraction of sp³-hybridized carbons (Fsp3) is 0.400. The highest BCUT2D eigenvalue weighted by Gasteiger charge is 2.54. The predicted molar refractivity (Wildman–Crippen MR) is 153 cm³/mol. The third-order valence-electron chi connectivity index (χ3n) is 7.43. The second-order valence-electron chi connectivity index (χ2n) is 10.1. The van der Waals surface area contributed by atoms with Gasteiger partial charge in [0.1, 0.15) is 17.1 Å². The highest BCUT2D eigenvalue weighted by atomic mass is 32.2. The van der Waals surface area contributed by atoms with Crippen molar-refractivity contribution in [3.8, 4) is 0 Å².